The first kappa shape index (κ1) is 16.1. The Kier molecular flexibility index (Phi) is 4.63. The molecule has 0 bridgehead atoms. The number of hydrogen-bond acceptors (Lipinski definition) is 6. The first-order valence-corrected chi connectivity index (χ1v) is 9.30. The Labute approximate surface area is 146 Å². The molecule has 4 heterocycles. The van der Waals surface area contributed by atoms with Gasteiger partial charge >= 0.3 is 0 Å². The fraction of sp³-hybridized carbons (Fsp3) is 0.556. The zero-order valence-electron chi connectivity index (χ0n) is 14.0. The van der Waals surface area contributed by atoms with Crippen LogP contribution < -0.4 is 0 Å². The number of likely N-dealkylation sites (tertiary alicyclic amines) is 1. The molecule has 5 nitrogen and oxygen atoms in total. The van der Waals surface area contributed by atoms with Crippen LogP contribution in [-0.4, -0.2) is 47.8 Å². The van der Waals surface area contributed by atoms with Crippen LogP contribution in [0.15, 0.2) is 29.9 Å². The monoisotopic (exact) mass is 345 g/mol. The van der Waals surface area contributed by atoms with Crippen LogP contribution in [-0.2, 0) is 22.6 Å². The van der Waals surface area contributed by atoms with Crippen LogP contribution in [0, 0.1) is 18.3 Å². The molecule has 0 aliphatic carbocycles. The van der Waals surface area contributed by atoms with Crippen LogP contribution in [0.1, 0.15) is 16.3 Å². The molecule has 0 unspecified atom stereocenters. The quantitative estimate of drug-likeness (QED) is 0.805. The topological polar surface area (TPSA) is 47.5 Å². The van der Waals surface area contributed by atoms with Crippen LogP contribution in [0.5, 0.6) is 0 Å². The Hall–Kier alpha value is -1.34. The van der Waals surface area contributed by atoms with Crippen molar-refractivity contribution in [2.45, 2.75) is 20.1 Å². The minimum Gasteiger partial charge on any atom is -0.380 e. The highest BCUT2D eigenvalue weighted by molar-refractivity contribution is 7.09. The highest BCUT2D eigenvalue weighted by Gasteiger charge is 2.50. The van der Waals surface area contributed by atoms with Crippen LogP contribution in [0.4, 0.5) is 0 Å². The maximum absolute atomic E-state index is 6.04. The highest BCUT2D eigenvalue weighted by Crippen LogP contribution is 2.42. The summed E-state index contributed by atoms with van der Waals surface area (Å²) < 4.78 is 11.8. The third kappa shape index (κ3) is 3.24. The second-order valence-electron chi connectivity index (χ2n) is 6.92. The van der Waals surface area contributed by atoms with Gasteiger partial charge in [-0.15, -0.1) is 11.3 Å². The van der Waals surface area contributed by atoms with E-state index in [1.807, 2.05) is 29.9 Å². The Morgan fingerprint density at radius 1 is 1.42 bits per heavy atom. The lowest BCUT2D eigenvalue weighted by Crippen LogP contribution is -2.35. The smallest absolute Gasteiger partial charge is 0.0888 e. The molecule has 0 N–H and O–H groups in total. The standard InChI is InChI=1S/C18H23N3O2S/c1-14-17(24-13-20-14)7-21-6-15-8-22-11-18(15,10-21)12-23-9-16-4-2-3-5-19-16/h2-5,13,15H,6-12H2,1H3/t15-,18+/m1/s1. The van der Waals surface area contributed by atoms with Crippen molar-refractivity contribution in [1.29, 1.82) is 0 Å². The molecule has 2 aromatic rings. The van der Waals surface area contributed by atoms with Crippen molar-refractivity contribution < 1.29 is 9.47 Å². The van der Waals surface area contributed by atoms with Crippen molar-refractivity contribution in [2.75, 3.05) is 32.9 Å². The Balaban J connectivity index is 1.37. The van der Waals surface area contributed by atoms with Crippen molar-refractivity contribution in [3.05, 3.63) is 46.2 Å². The van der Waals surface area contributed by atoms with Gasteiger partial charge in [-0.05, 0) is 19.1 Å². The van der Waals surface area contributed by atoms with Gasteiger partial charge in [0.1, 0.15) is 0 Å². The predicted molar refractivity (Wildman–Crippen MR) is 92.8 cm³/mol. The second kappa shape index (κ2) is 6.88. The van der Waals surface area contributed by atoms with Gasteiger partial charge in [-0.2, -0.15) is 0 Å². The Morgan fingerprint density at radius 2 is 2.38 bits per heavy atom. The summed E-state index contributed by atoms with van der Waals surface area (Å²) in [4.78, 5) is 12.6. The van der Waals surface area contributed by atoms with Crippen LogP contribution in [0.25, 0.3) is 0 Å². The number of nitrogens with zero attached hydrogens (tertiary/aromatic N) is 3. The summed E-state index contributed by atoms with van der Waals surface area (Å²) in [6.45, 7) is 8.19. The summed E-state index contributed by atoms with van der Waals surface area (Å²) in [5.74, 6) is 0.564. The minimum atomic E-state index is 0.132. The molecule has 2 aliphatic heterocycles. The van der Waals surface area contributed by atoms with E-state index >= 15 is 0 Å². The molecule has 2 atom stereocenters. The van der Waals surface area contributed by atoms with Crippen LogP contribution in [0.2, 0.25) is 0 Å². The second-order valence-corrected chi connectivity index (χ2v) is 7.86. The molecule has 6 heteroatoms. The number of hydrogen-bond donors (Lipinski definition) is 0. The molecule has 0 radical (unpaired) electrons. The molecule has 24 heavy (non-hydrogen) atoms. The van der Waals surface area contributed by atoms with Crippen molar-refractivity contribution in [1.82, 2.24) is 14.9 Å². The summed E-state index contributed by atoms with van der Waals surface area (Å²) in [6.07, 6.45) is 1.81. The van der Waals surface area contributed by atoms with Gasteiger partial charge in [0.2, 0.25) is 0 Å². The number of aromatic nitrogens is 2. The van der Waals surface area contributed by atoms with E-state index in [0.29, 0.717) is 12.5 Å². The average Bonchev–Trinajstić information content (AvgIpc) is 3.24. The molecular formula is C18H23N3O2S. The molecule has 2 aliphatic rings. The number of rotatable bonds is 6. The molecule has 0 saturated carbocycles. The van der Waals surface area contributed by atoms with E-state index in [-0.39, 0.29) is 5.41 Å². The van der Waals surface area contributed by atoms with E-state index in [9.17, 15) is 0 Å². The van der Waals surface area contributed by atoms with Gasteiger partial charge in [0.25, 0.3) is 0 Å². The van der Waals surface area contributed by atoms with Gasteiger partial charge in [-0.3, -0.25) is 9.88 Å². The number of pyridine rings is 1. The lowest BCUT2D eigenvalue weighted by atomic mass is 9.82. The summed E-state index contributed by atoms with van der Waals surface area (Å²) in [6, 6.07) is 5.94. The van der Waals surface area contributed by atoms with Gasteiger partial charge in [0.15, 0.2) is 0 Å². The minimum absolute atomic E-state index is 0.132. The third-order valence-corrected chi connectivity index (χ3v) is 6.09. The fourth-order valence-corrected chi connectivity index (χ4v) is 4.61. The van der Waals surface area contributed by atoms with Gasteiger partial charge in [-0.25, -0.2) is 4.98 Å². The van der Waals surface area contributed by atoms with E-state index in [4.69, 9.17) is 9.47 Å². The predicted octanol–water partition coefficient (Wildman–Crippen LogP) is 2.51. The number of thiazole rings is 1. The molecule has 2 aromatic heterocycles. The van der Waals surface area contributed by atoms with Gasteiger partial charge in [0, 0.05) is 42.0 Å². The van der Waals surface area contributed by atoms with Gasteiger partial charge in [-0.1, -0.05) is 6.07 Å². The number of aryl methyl sites for hydroxylation is 1. The van der Waals surface area contributed by atoms with E-state index in [1.54, 1.807) is 11.3 Å². The normalized spacial score (nSPS) is 26.8. The van der Waals surface area contributed by atoms with Crippen molar-refractivity contribution in [3.8, 4) is 0 Å². The maximum atomic E-state index is 6.04. The van der Waals surface area contributed by atoms with E-state index in [2.05, 4.69) is 21.8 Å². The first-order chi connectivity index (χ1) is 11.8. The third-order valence-electron chi connectivity index (χ3n) is 5.17. The molecule has 128 valence electrons. The van der Waals surface area contributed by atoms with Crippen LogP contribution in [0.3, 0.4) is 0 Å². The molecule has 2 saturated heterocycles. The number of ether oxygens (including phenoxy) is 2. The molecule has 4 rings (SSSR count). The summed E-state index contributed by atoms with van der Waals surface area (Å²) in [5, 5.41) is 0. The zero-order valence-corrected chi connectivity index (χ0v) is 14.8. The maximum Gasteiger partial charge on any atom is 0.0888 e. The van der Waals surface area contributed by atoms with Gasteiger partial charge in [0.05, 0.1) is 43.3 Å². The molecule has 2 fully saturated rings. The SMILES string of the molecule is Cc1ncsc1CN1C[C@@H]2COC[C@]2(COCc2ccccn2)C1. The van der Waals surface area contributed by atoms with E-state index in [0.717, 1.165) is 50.8 Å². The van der Waals surface area contributed by atoms with Crippen molar-refractivity contribution >= 4 is 11.3 Å². The number of fused-ring (bicyclic) bond motifs is 1. The largest absolute Gasteiger partial charge is 0.380 e. The van der Waals surface area contributed by atoms with Crippen LogP contribution >= 0.6 is 11.3 Å². The lowest BCUT2D eigenvalue weighted by Gasteiger charge is -2.27. The summed E-state index contributed by atoms with van der Waals surface area (Å²) in [5.41, 5.74) is 4.22. The molecular weight excluding hydrogens is 322 g/mol. The summed E-state index contributed by atoms with van der Waals surface area (Å²) >= 11 is 1.75. The van der Waals surface area contributed by atoms with Gasteiger partial charge < -0.3 is 9.47 Å². The van der Waals surface area contributed by atoms with E-state index in [1.165, 1.54) is 4.88 Å². The van der Waals surface area contributed by atoms with E-state index < -0.39 is 0 Å². The highest BCUT2D eigenvalue weighted by atomic mass is 32.1. The molecule has 0 aromatic carbocycles. The molecule has 0 spiro atoms. The summed E-state index contributed by atoms with van der Waals surface area (Å²) in [7, 11) is 0. The van der Waals surface area contributed by atoms with Crippen molar-refractivity contribution in [2.24, 2.45) is 11.3 Å². The Bertz CT molecular complexity index is 678. The average molecular weight is 345 g/mol. The molecule has 0 amide bonds. The Morgan fingerprint density at radius 3 is 3.17 bits per heavy atom. The lowest BCUT2D eigenvalue weighted by molar-refractivity contribution is 0.0171. The first-order valence-electron chi connectivity index (χ1n) is 8.42. The fourth-order valence-electron chi connectivity index (χ4n) is 3.79. The van der Waals surface area contributed by atoms with Crippen molar-refractivity contribution in [3.63, 3.8) is 0 Å². The zero-order chi connectivity index (χ0) is 16.4.